The molecule has 0 spiro atoms. The third kappa shape index (κ3) is 3.91. The van der Waals surface area contributed by atoms with E-state index in [2.05, 4.69) is 18.3 Å². The van der Waals surface area contributed by atoms with Gasteiger partial charge >= 0.3 is 0 Å². The second-order valence-corrected chi connectivity index (χ2v) is 6.58. The Morgan fingerprint density at radius 1 is 1.35 bits per heavy atom. The van der Waals surface area contributed by atoms with Crippen molar-refractivity contribution in [1.82, 2.24) is 0 Å². The standard InChI is InChI=1S/C16H22N2OS/c1-2-20-16-5-3-4-15(14(16)10-17)18-11-12-6-8-13(19)9-7-12/h3-5,12-13,18-19H,2,6-9,11H2,1H3. The van der Waals surface area contributed by atoms with Gasteiger partial charge in [-0.2, -0.15) is 5.26 Å². The minimum absolute atomic E-state index is 0.106. The number of aliphatic hydroxyl groups excluding tert-OH is 1. The van der Waals surface area contributed by atoms with Crippen LogP contribution in [0.25, 0.3) is 0 Å². The molecule has 0 saturated heterocycles. The van der Waals surface area contributed by atoms with Crippen molar-refractivity contribution in [2.75, 3.05) is 17.6 Å². The summed E-state index contributed by atoms with van der Waals surface area (Å²) in [4.78, 5) is 1.05. The Bertz CT molecular complexity index is 476. The van der Waals surface area contributed by atoms with Crippen LogP contribution in [0.2, 0.25) is 0 Å². The molecule has 20 heavy (non-hydrogen) atoms. The van der Waals surface area contributed by atoms with E-state index in [1.807, 2.05) is 18.2 Å². The summed E-state index contributed by atoms with van der Waals surface area (Å²) in [6.45, 7) is 2.99. The van der Waals surface area contributed by atoms with Gasteiger partial charge in [-0.05, 0) is 49.5 Å². The van der Waals surface area contributed by atoms with E-state index in [4.69, 9.17) is 0 Å². The van der Waals surface area contributed by atoms with Crippen molar-refractivity contribution >= 4 is 17.4 Å². The summed E-state index contributed by atoms with van der Waals surface area (Å²) >= 11 is 1.71. The molecule has 1 aromatic carbocycles. The van der Waals surface area contributed by atoms with E-state index in [1.165, 1.54) is 0 Å². The first kappa shape index (κ1) is 15.2. The van der Waals surface area contributed by atoms with Crippen molar-refractivity contribution in [3.8, 4) is 6.07 Å². The highest BCUT2D eigenvalue weighted by Crippen LogP contribution is 2.29. The molecule has 1 saturated carbocycles. The average Bonchev–Trinajstić information content (AvgIpc) is 2.47. The molecule has 1 fully saturated rings. The van der Waals surface area contributed by atoms with E-state index in [0.29, 0.717) is 5.92 Å². The van der Waals surface area contributed by atoms with E-state index >= 15 is 0 Å². The number of aliphatic hydroxyl groups is 1. The molecule has 0 radical (unpaired) electrons. The largest absolute Gasteiger partial charge is 0.393 e. The van der Waals surface area contributed by atoms with E-state index in [0.717, 1.165) is 54.1 Å². The van der Waals surface area contributed by atoms with Crippen LogP contribution in [-0.4, -0.2) is 23.5 Å². The highest BCUT2D eigenvalue weighted by atomic mass is 32.2. The Morgan fingerprint density at radius 3 is 2.75 bits per heavy atom. The average molecular weight is 290 g/mol. The van der Waals surface area contributed by atoms with Crippen LogP contribution < -0.4 is 5.32 Å². The number of hydrogen-bond donors (Lipinski definition) is 2. The van der Waals surface area contributed by atoms with E-state index in [1.54, 1.807) is 11.8 Å². The van der Waals surface area contributed by atoms with Gasteiger partial charge in [-0.1, -0.05) is 13.0 Å². The van der Waals surface area contributed by atoms with Crippen LogP contribution >= 0.6 is 11.8 Å². The van der Waals surface area contributed by atoms with Crippen molar-refractivity contribution in [2.24, 2.45) is 5.92 Å². The second-order valence-electron chi connectivity index (χ2n) is 5.28. The molecule has 0 amide bonds. The summed E-state index contributed by atoms with van der Waals surface area (Å²) in [6.07, 6.45) is 3.84. The van der Waals surface area contributed by atoms with E-state index in [9.17, 15) is 10.4 Å². The lowest BCUT2D eigenvalue weighted by Gasteiger charge is -2.26. The van der Waals surface area contributed by atoms with Gasteiger partial charge in [0.25, 0.3) is 0 Å². The maximum Gasteiger partial charge on any atom is 0.102 e. The predicted octanol–water partition coefficient (Wildman–Crippen LogP) is 3.63. The fourth-order valence-electron chi connectivity index (χ4n) is 2.67. The van der Waals surface area contributed by atoms with Gasteiger partial charge in [-0.3, -0.25) is 0 Å². The molecule has 0 bridgehead atoms. The Morgan fingerprint density at radius 2 is 2.10 bits per heavy atom. The highest BCUT2D eigenvalue weighted by molar-refractivity contribution is 7.99. The monoisotopic (exact) mass is 290 g/mol. The molecule has 0 unspecified atom stereocenters. The number of rotatable bonds is 5. The quantitative estimate of drug-likeness (QED) is 0.813. The van der Waals surface area contributed by atoms with E-state index in [-0.39, 0.29) is 6.10 Å². The summed E-state index contributed by atoms with van der Waals surface area (Å²) in [7, 11) is 0. The van der Waals surface area contributed by atoms with Crippen LogP contribution in [0.3, 0.4) is 0 Å². The summed E-state index contributed by atoms with van der Waals surface area (Å²) in [6, 6.07) is 8.32. The smallest absolute Gasteiger partial charge is 0.102 e. The molecule has 2 rings (SSSR count). The Kier molecular flexibility index (Phi) is 5.75. The third-order valence-electron chi connectivity index (χ3n) is 3.84. The maximum absolute atomic E-state index is 9.52. The van der Waals surface area contributed by atoms with Crippen molar-refractivity contribution in [3.63, 3.8) is 0 Å². The molecule has 0 aliphatic heterocycles. The predicted molar refractivity (Wildman–Crippen MR) is 84.0 cm³/mol. The molecule has 4 heteroatoms. The third-order valence-corrected chi connectivity index (χ3v) is 4.78. The van der Waals surface area contributed by atoms with Crippen molar-refractivity contribution in [3.05, 3.63) is 23.8 Å². The van der Waals surface area contributed by atoms with Gasteiger partial charge in [-0.15, -0.1) is 11.8 Å². The van der Waals surface area contributed by atoms with Gasteiger partial charge in [0.15, 0.2) is 0 Å². The summed E-state index contributed by atoms with van der Waals surface area (Å²) in [5, 5.41) is 22.3. The van der Waals surface area contributed by atoms with Gasteiger partial charge in [0.05, 0.1) is 17.4 Å². The van der Waals surface area contributed by atoms with Gasteiger partial charge in [0.1, 0.15) is 6.07 Å². The minimum atomic E-state index is -0.106. The Balaban J connectivity index is 1.99. The minimum Gasteiger partial charge on any atom is -0.393 e. The maximum atomic E-state index is 9.52. The topological polar surface area (TPSA) is 56.0 Å². The normalized spacial score (nSPS) is 22.2. The first-order valence-corrected chi connectivity index (χ1v) is 8.31. The highest BCUT2D eigenvalue weighted by Gasteiger charge is 2.19. The number of thioether (sulfide) groups is 1. The number of nitrogens with zero attached hydrogens (tertiary/aromatic N) is 1. The zero-order chi connectivity index (χ0) is 14.4. The van der Waals surface area contributed by atoms with Crippen LogP contribution in [0, 0.1) is 17.2 Å². The zero-order valence-electron chi connectivity index (χ0n) is 11.9. The molecule has 1 aliphatic rings. The first-order valence-electron chi connectivity index (χ1n) is 7.32. The summed E-state index contributed by atoms with van der Waals surface area (Å²) in [5.74, 6) is 1.57. The molecular formula is C16H22N2OS. The number of anilines is 1. The number of benzene rings is 1. The van der Waals surface area contributed by atoms with Crippen LogP contribution in [0.15, 0.2) is 23.1 Å². The van der Waals surface area contributed by atoms with Gasteiger partial charge in [-0.25, -0.2) is 0 Å². The van der Waals surface area contributed by atoms with Crippen molar-refractivity contribution < 1.29 is 5.11 Å². The molecule has 1 aromatic rings. The fourth-order valence-corrected chi connectivity index (χ4v) is 3.46. The molecular weight excluding hydrogens is 268 g/mol. The molecule has 0 heterocycles. The van der Waals surface area contributed by atoms with Gasteiger partial charge in [0, 0.05) is 11.4 Å². The lowest BCUT2D eigenvalue weighted by Crippen LogP contribution is -2.23. The van der Waals surface area contributed by atoms with Crippen molar-refractivity contribution in [1.29, 1.82) is 5.26 Å². The Labute approximate surface area is 125 Å². The van der Waals surface area contributed by atoms with Crippen LogP contribution in [0.5, 0.6) is 0 Å². The number of nitrogens with one attached hydrogen (secondary N) is 1. The SMILES string of the molecule is CCSc1cccc(NCC2CCC(O)CC2)c1C#N. The zero-order valence-corrected chi connectivity index (χ0v) is 12.7. The van der Waals surface area contributed by atoms with Gasteiger partial charge < -0.3 is 10.4 Å². The molecule has 3 nitrogen and oxygen atoms in total. The molecule has 1 aliphatic carbocycles. The number of nitriles is 1. The van der Waals surface area contributed by atoms with Crippen molar-refractivity contribution in [2.45, 2.75) is 43.6 Å². The first-order chi connectivity index (χ1) is 9.74. The lowest BCUT2D eigenvalue weighted by atomic mass is 9.87. The summed E-state index contributed by atoms with van der Waals surface area (Å²) in [5.41, 5.74) is 1.70. The Hall–Kier alpha value is -1.18. The summed E-state index contributed by atoms with van der Waals surface area (Å²) < 4.78 is 0. The second kappa shape index (κ2) is 7.56. The lowest BCUT2D eigenvalue weighted by molar-refractivity contribution is 0.111. The van der Waals surface area contributed by atoms with Crippen LogP contribution in [0.1, 0.15) is 38.2 Å². The molecule has 108 valence electrons. The van der Waals surface area contributed by atoms with Gasteiger partial charge in [0.2, 0.25) is 0 Å². The molecule has 0 aromatic heterocycles. The van der Waals surface area contributed by atoms with E-state index < -0.39 is 0 Å². The van der Waals surface area contributed by atoms with Crippen LogP contribution in [-0.2, 0) is 0 Å². The molecule has 0 atom stereocenters. The number of hydrogen-bond acceptors (Lipinski definition) is 4. The molecule has 2 N–H and O–H groups in total. The fraction of sp³-hybridized carbons (Fsp3) is 0.562. The van der Waals surface area contributed by atoms with Crippen LogP contribution in [0.4, 0.5) is 5.69 Å².